The van der Waals surface area contributed by atoms with Crippen LogP contribution >= 0.6 is 11.8 Å². The van der Waals surface area contributed by atoms with Crippen LogP contribution in [0, 0.1) is 5.92 Å². The monoisotopic (exact) mass is 303 g/mol. The van der Waals surface area contributed by atoms with E-state index in [1.807, 2.05) is 50.5 Å². The number of nitrogens with one attached hydrogen (secondary N) is 1. The van der Waals surface area contributed by atoms with Gasteiger partial charge in [-0.15, -0.1) is 18.3 Å². The smallest absolute Gasteiger partial charge is 0.173 e. The van der Waals surface area contributed by atoms with E-state index in [1.54, 1.807) is 11.8 Å². The molecule has 1 aliphatic heterocycles. The fourth-order valence-corrected chi connectivity index (χ4v) is 2.90. The summed E-state index contributed by atoms with van der Waals surface area (Å²) in [5, 5.41) is 3.39. The predicted octanol–water partition coefficient (Wildman–Crippen LogP) is 4.39. The molecule has 3 heteroatoms. The van der Waals surface area contributed by atoms with Crippen LogP contribution in [-0.4, -0.2) is 18.1 Å². The molecule has 2 unspecified atom stereocenters. The topological polar surface area (TPSA) is 29.1 Å². The molecule has 1 rings (SSSR count). The van der Waals surface area contributed by atoms with E-state index in [1.165, 1.54) is 4.91 Å². The van der Waals surface area contributed by atoms with Crippen LogP contribution in [0.4, 0.5) is 0 Å². The zero-order valence-corrected chi connectivity index (χ0v) is 14.2. The number of rotatable bonds is 6. The van der Waals surface area contributed by atoms with E-state index in [-0.39, 0.29) is 17.7 Å². The van der Waals surface area contributed by atoms with E-state index >= 15 is 0 Å². The number of Topliss-reactive ketones (excluding diaryl/α,β-unsaturated/α-hetero) is 1. The highest BCUT2D eigenvalue weighted by atomic mass is 32.2. The summed E-state index contributed by atoms with van der Waals surface area (Å²) in [6.07, 6.45) is 14.6. The summed E-state index contributed by atoms with van der Waals surface area (Å²) in [6, 6.07) is -0.0370. The Morgan fingerprint density at radius 1 is 1.43 bits per heavy atom. The Kier molecular flexibility index (Phi) is 7.30. The van der Waals surface area contributed by atoms with Crippen LogP contribution in [0.3, 0.4) is 0 Å². The molecule has 0 aromatic carbocycles. The van der Waals surface area contributed by atoms with Gasteiger partial charge in [0.15, 0.2) is 5.78 Å². The Bertz CT molecular complexity index is 505. The highest BCUT2D eigenvalue weighted by molar-refractivity contribution is 8.02. The molecule has 0 radical (unpaired) electrons. The van der Waals surface area contributed by atoms with Crippen LogP contribution < -0.4 is 5.32 Å². The highest BCUT2D eigenvalue weighted by Crippen LogP contribution is 2.27. The van der Waals surface area contributed by atoms with E-state index in [9.17, 15) is 4.79 Å². The summed E-state index contributed by atoms with van der Waals surface area (Å²) in [7, 11) is 0. The van der Waals surface area contributed by atoms with E-state index in [0.717, 1.165) is 17.7 Å². The van der Waals surface area contributed by atoms with Crippen molar-refractivity contribution in [2.75, 3.05) is 6.26 Å². The van der Waals surface area contributed by atoms with Crippen molar-refractivity contribution in [2.45, 2.75) is 33.2 Å². The average Bonchev–Trinajstić information content (AvgIpc) is 2.49. The van der Waals surface area contributed by atoms with Crippen molar-refractivity contribution < 1.29 is 4.79 Å². The standard InChI is InChI=1S/C18H25NOS/c1-6-9-10-11-15-13(4)19-17(8-3)16(18(15)20)12-14(7-2)21-5/h6,8-12,16-17,19H,3,7H2,1-2,4-5H3/b9-6-,11-10-,14-12+. The van der Waals surface area contributed by atoms with Crippen LogP contribution in [0.2, 0.25) is 0 Å². The van der Waals surface area contributed by atoms with Crippen molar-refractivity contribution in [3.8, 4) is 0 Å². The van der Waals surface area contributed by atoms with Crippen molar-refractivity contribution in [1.29, 1.82) is 0 Å². The van der Waals surface area contributed by atoms with E-state index in [4.69, 9.17) is 0 Å². The van der Waals surface area contributed by atoms with Crippen molar-refractivity contribution >= 4 is 17.5 Å². The second-order valence-electron chi connectivity index (χ2n) is 4.91. The lowest BCUT2D eigenvalue weighted by atomic mass is 9.85. The summed E-state index contributed by atoms with van der Waals surface area (Å²) in [5.74, 6) is -0.0178. The Labute approximate surface area is 132 Å². The van der Waals surface area contributed by atoms with Gasteiger partial charge in [0.05, 0.1) is 12.0 Å². The number of ketones is 1. The first kappa shape index (κ1) is 17.6. The second-order valence-corrected chi connectivity index (χ2v) is 5.84. The lowest BCUT2D eigenvalue weighted by Gasteiger charge is -2.30. The molecule has 0 amide bonds. The maximum Gasteiger partial charge on any atom is 0.173 e. The number of hydrogen-bond acceptors (Lipinski definition) is 3. The molecular formula is C18H25NOS. The number of thioether (sulfide) groups is 1. The van der Waals surface area contributed by atoms with Gasteiger partial charge in [0.1, 0.15) is 0 Å². The normalized spacial score (nSPS) is 24.0. The molecule has 2 nitrogen and oxygen atoms in total. The molecular weight excluding hydrogens is 278 g/mol. The van der Waals surface area contributed by atoms with Gasteiger partial charge in [-0.25, -0.2) is 0 Å². The molecule has 0 spiro atoms. The fourth-order valence-electron chi connectivity index (χ4n) is 2.33. The quantitative estimate of drug-likeness (QED) is 0.583. The average molecular weight is 303 g/mol. The minimum Gasteiger partial charge on any atom is -0.381 e. The maximum absolute atomic E-state index is 12.8. The molecule has 0 aromatic heterocycles. The second kappa shape index (κ2) is 8.73. The van der Waals surface area contributed by atoms with Crippen molar-refractivity contribution in [1.82, 2.24) is 5.32 Å². The molecule has 0 saturated heterocycles. The lowest BCUT2D eigenvalue weighted by molar-refractivity contribution is -0.118. The van der Waals surface area contributed by atoms with Crippen LogP contribution in [0.25, 0.3) is 0 Å². The Balaban J connectivity index is 3.17. The Hall–Kier alpha value is -1.48. The predicted molar refractivity (Wildman–Crippen MR) is 94.2 cm³/mol. The summed E-state index contributed by atoms with van der Waals surface area (Å²) in [6.45, 7) is 9.87. The van der Waals surface area contributed by atoms with Gasteiger partial charge in [0.2, 0.25) is 0 Å². The van der Waals surface area contributed by atoms with Gasteiger partial charge < -0.3 is 5.32 Å². The summed E-state index contributed by atoms with van der Waals surface area (Å²) in [5.41, 5.74) is 1.67. The first-order valence-electron chi connectivity index (χ1n) is 7.27. The number of hydrogen-bond donors (Lipinski definition) is 1. The summed E-state index contributed by atoms with van der Waals surface area (Å²) >= 11 is 1.70. The van der Waals surface area contributed by atoms with Gasteiger partial charge in [-0.1, -0.05) is 37.3 Å². The van der Waals surface area contributed by atoms with E-state index in [0.29, 0.717) is 0 Å². The molecule has 114 valence electrons. The molecule has 0 aromatic rings. The third kappa shape index (κ3) is 4.50. The Morgan fingerprint density at radius 3 is 2.67 bits per heavy atom. The zero-order valence-electron chi connectivity index (χ0n) is 13.3. The number of allylic oxidation sites excluding steroid dienone is 7. The van der Waals surface area contributed by atoms with E-state index in [2.05, 4.69) is 24.9 Å². The molecule has 1 N–H and O–H groups in total. The number of carbonyl (C=O) groups excluding carboxylic acids is 1. The SMILES string of the molecule is C=CC1NC(C)=C(/C=C\C=C/C)C(=O)C1/C=C(\CC)SC. The van der Waals surface area contributed by atoms with Crippen LogP contribution in [0.5, 0.6) is 0 Å². The van der Waals surface area contributed by atoms with Crippen LogP contribution in [-0.2, 0) is 4.79 Å². The molecule has 0 fully saturated rings. The minimum absolute atomic E-state index is 0.0370. The Morgan fingerprint density at radius 2 is 2.14 bits per heavy atom. The molecule has 0 bridgehead atoms. The number of carbonyl (C=O) groups is 1. The van der Waals surface area contributed by atoms with Crippen molar-refractivity contribution in [3.63, 3.8) is 0 Å². The third-order valence-electron chi connectivity index (χ3n) is 3.54. The van der Waals surface area contributed by atoms with Gasteiger partial charge in [-0.05, 0) is 37.5 Å². The molecule has 1 heterocycles. The van der Waals surface area contributed by atoms with Crippen molar-refractivity contribution in [3.05, 3.63) is 59.2 Å². The molecule has 0 saturated carbocycles. The third-order valence-corrected chi connectivity index (χ3v) is 4.49. The lowest BCUT2D eigenvalue weighted by Crippen LogP contribution is -2.42. The first-order chi connectivity index (χ1) is 10.1. The summed E-state index contributed by atoms with van der Waals surface area (Å²) in [4.78, 5) is 14.0. The maximum atomic E-state index is 12.8. The largest absolute Gasteiger partial charge is 0.381 e. The van der Waals surface area contributed by atoms with Gasteiger partial charge in [0, 0.05) is 11.3 Å². The van der Waals surface area contributed by atoms with Crippen LogP contribution in [0.1, 0.15) is 27.2 Å². The van der Waals surface area contributed by atoms with Gasteiger partial charge in [-0.3, -0.25) is 4.79 Å². The minimum atomic E-state index is -0.182. The molecule has 1 aliphatic rings. The van der Waals surface area contributed by atoms with Crippen LogP contribution in [0.15, 0.2) is 59.2 Å². The first-order valence-corrected chi connectivity index (χ1v) is 8.49. The van der Waals surface area contributed by atoms with Gasteiger partial charge >= 0.3 is 0 Å². The van der Waals surface area contributed by atoms with Gasteiger partial charge in [-0.2, -0.15) is 0 Å². The van der Waals surface area contributed by atoms with Gasteiger partial charge in [0.25, 0.3) is 0 Å². The fraction of sp³-hybridized carbons (Fsp3) is 0.389. The van der Waals surface area contributed by atoms with E-state index < -0.39 is 0 Å². The zero-order chi connectivity index (χ0) is 15.8. The molecule has 21 heavy (non-hydrogen) atoms. The highest BCUT2D eigenvalue weighted by Gasteiger charge is 2.31. The molecule has 2 atom stereocenters. The molecule has 0 aliphatic carbocycles. The van der Waals surface area contributed by atoms with Crippen molar-refractivity contribution in [2.24, 2.45) is 5.92 Å². The summed E-state index contributed by atoms with van der Waals surface area (Å²) < 4.78 is 0.